The van der Waals surface area contributed by atoms with Crippen LogP contribution in [0.5, 0.6) is 5.75 Å². The Balaban J connectivity index is 1.18. The molecule has 0 saturated heterocycles. The van der Waals surface area contributed by atoms with Crippen molar-refractivity contribution in [3.63, 3.8) is 0 Å². The van der Waals surface area contributed by atoms with Crippen LogP contribution >= 0.6 is 0 Å². The van der Waals surface area contributed by atoms with E-state index in [4.69, 9.17) is 4.74 Å². The minimum absolute atomic E-state index is 0.0429. The monoisotopic (exact) mass is 520 g/mol. The van der Waals surface area contributed by atoms with Crippen molar-refractivity contribution in [2.45, 2.75) is 52.0 Å². The number of benzene rings is 1. The number of ether oxygens (including phenoxy) is 1. The molecule has 3 N–H and O–H groups in total. The van der Waals surface area contributed by atoms with Gasteiger partial charge in [0.1, 0.15) is 17.1 Å². The first-order valence-corrected chi connectivity index (χ1v) is 12.9. The number of halogens is 1. The lowest BCUT2D eigenvalue weighted by molar-refractivity contribution is -0.118. The topological polar surface area (TPSA) is 127 Å². The Morgan fingerprint density at radius 1 is 1.11 bits per heavy atom. The SMILES string of the molecule is CC12CCC(CNC(=O)c3cc(C(=O)NCc4ccc5c(c4)NC(=O)CO5)nc4c(F)cnn34)(CC1)CC2. The normalized spacial score (nSPS) is 23.9. The fourth-order valence-electron chi connectivity index (χ4n) is 5.80. The lowest BCUT2D eigenvalue weighted by atomic mass is 9.54. The standard InChI is InChI=1S/C27H29FN6O4/c1-26-4-7-27(8-5-26,9-6-26)15-30-25(37)20-11-19(33-23-17(28)13-31-34(20)23)24(36)29-12-16-2-3-21-18(10-16)32-22(35)14-38-21/h2-3,10-11,13H,4-9,12,14-15H2,1H3,(H,29,36)(H,30,37)(H,32,35). The first-order valence-electron chi connectivity index (χ1n) is 12.9. The van der Waals surface area contributed by atoms with Crippen molar-refractivity contribution in [2.75, 3.05) is 18.5 Å². The summed E-state index contributed by atoms with van der Waals surface area (Å²) in [7, 11) is 0. The Morgan fingerprint density at radius 3 is 2.63 bits per heavy atom. The van der Waals surface area contributed by atoms with E-state index in [-0.39, 0.29) is 41.5 Å². The maximum absolute atomic E-state index is 14.5. The summed E-state index contributed by atoms with van der Waals surface area (Å²) in [5, 5.41) is 12.5. The fourth-order valence-corrected chi connectivity index (χ4v) is 5.80. The summed E-state index contributed by atoms with van der Waals surface area (Å²) < 4.78 is 20.9. The molecule has 3 aromatic rings. The molecule has 0 radical (unpaired) electrons. The summed E-state index contributed by atoms with van der Waals surface area (Å²) >= 11 is 0. The zero-order chi connectivity index (χ0) is 26.5. The molecule has 7 rings (SSSR count). The van der Waals surface area contributed by atoms with Crippen LogP contribution in [-0.4, -0.2) is 45.5 Å². The second-order valence-electron chi connectivity index (χ2n) is 11.1. The third kappa shape index (κ3) is 4.46. The van der Waals surface area contributed by atoms with Gasteiger partial charge in [0.15, 0.2) is 18.1 Å². The fraction of sp³-hybridized carbons (Fsp3) is 0.444. The highest BCUT2D eigenvalue weighted by Gasteiger charge is 2.46. The highest BCUT2D eigenvalue weighted by molar-refractivity contribution is 5.98. The zero-order valence-corrected chi connectivity index (χ0v) is 21.1. The van der Waals surface area contributed by atoms with E-state index in [0.717, 1.165) is 30.0 Å². The van der Waals surface area contributed by atoms with Crippen LogP contribution in [0.4, 0.5) is 10.1 Å². The van der Waals surface area contributed by atoms with Gasteiger partial charge in [-0.15, -0.1) is 0 Å². The Bertz CT molecular complexity index is 1440. The highest BCUT2D eigenvalue weighted by Crippen LogP contribution is 2.56. The Hall–Kier alpha value is -4.02. The van der Waals surface area contributed by atoms with Crippen LogP contribution in [-0.2, 0) is 11.3 Å². The minimum Gasteiger partial charge on any atom is -0.482 e. The van der Waals surface area contributed by atoms with Crippen LogP contribution in [0, 0.1) is 16.6 Å². The lowest BCUT2D eigenvalue weighted by Crippen LogP contribution is -2.46. The largest absolute Gasteiger partial charge is 0.482 e. The average molecular weight is 521 g/mol. The second-order valence-corrected chi connectivity index (χ2v) is 11.1. The number of nitrogens with zero attached hydrogens (tertiary/aromatic N) is 3. The van der Waals surface area contributed by atoms with E-state index >= 15 is 0 Å². The number of carbonyl (C=O) groups is 3. The molecule has 3 aliphatic carbocycles. The summed E-state index contributed by atoms with van der Waals surface area (Å²) in [6.45, 7) is 2.97. The van der Waals surface area contributed by atoms with E-state index in [0.29, 0.717) is 29.0 Å². The third-order valence-electron chi connectivity index (χ3n) is 8.42. The molecule has 1 aliphatic heterocycles. The maximum atomic E-state index is 14.5. The lowest BCUT2D eigenvalue weighted by Gasteiger charge is -2.52. The Morgan fingerprint density at radius 2 is 1.87 bits per heavy atom. The number of nitrogens with one attached hydrogen (secondary N) is 3. The van der Waals surface area contributed by atoms with Gasteiger partial charge < -0.3 is 20.7 Å². The Kier molecular flexibility index (Phi) is 5.81. The van der Waals surface area contributed by atoms with Gasteiger partial charge in [-0.3, -0.25) is 14.4 Å². The van der Waals surface area contributed by atoms with E-state index in [2.05, 4.69) is 33.0 Å². The molecular weight excluding hydrogens is 491 g/mol. The molecule has 198 valence electrons. The van der Waals surface area contributed by atoms with Gasteiger partial charge in [-0.1, -0.05) is 13.0 Å². The van der Waals surface area contributed by atoms with Crippen LogP contribution in [0.2, 0.25) is 0 Å². The van der Waals surface area contributed by atoms with Crippen molar-refractivity contribution in [3.05, 3.63) is 53.2 Å². The molecule has 2 bridgehead atoms. The molecule has 11 heteroatoms. The highest BCUT2D eigenvalue weighted by atomic mass is 19.1. The quantitative estimate of drug-likeness (QED) is 0.458. The number of hydrogen-bond donors (Lipinski definition) is 3. The van der Waals surface area contributed by atoms with E-state index in [1.165, 1.54) is 25.3 Å². The molecule has 0 spiro atoms. The van der Waals surface area contributed by atoms with E-state index in [9.17, 15) is 18.8 Å². The summed E-state index contributed by atoms with van der Waals surface area (Å²) in [6.07, 6.45) is 7.72. The van der Waals surface area contributed by atoms with Crippen LogP contribution < -0.4 is 20.7 Å². The van der Waals surface area contributed by atoms with E-state index < -0.39 is 17.6 Å². The summed E-state index contributed by atoms with van der Waals surface area (Å²) in [6, 6.07) is 6.52. The molecule has 0 atom stereocenters. The number of fused-ring (bicyclic) bond motifs is 5. The molecule has 3 fully saturated rings. The van der Waals surface area contributed by atoms with Crippen molar-refractivity contribution >= 4 is 29.1 Å². The predicted octanol–water partition coefficient (Wildman–Crippen LogP) is 3.22. The number of hydrogen-bond acceptors (Lipinski definition) is 6. The molecule has 4 aliphatic rings. The second kappa shape index (κ2) is 9.07. The van der Waals surface area contributed by atoms with Gasteiger partial charge in [-0.05, 0) is 67.1 Å². The first-order chi connectivity index (χ1) is 18.2. The Labute approximate surface area is 218 Å². The van der Waals surface area contributed by atoms with Gasteiger partial charge in [0.2, 0.25) is 0 Å². The van der Waals surface area contributed by atoms with Crippen LogP contribution in [0.25, 0.3) is 5.65 Å². The molecule has 0 unspecified atom stereocenters. The first kappa shape index (κ1) is 24.3. The van der Waals surface area contributed by atoms with Crippen molar-refractivity contribution in [1.29, 1.82) is 0 Å². The summed E-state index contributed by atoms with van der Waals surface area (Å²) in [5.74, 6) is -1.43. The summed E-state index contributed by atoms with van der Waals surface area (Å²) in [4.78, 5) is 42.0. The average Bonchev–Trinajstić information content (AvgIpc) is 3.31. The predicted molar refractivity (Wildman–Crippen MR) is 135 cm³/mol. The van der Waals surface area contributed by atoms with Crippen LogP contribution in [0.15, 0.2) is 30.5 Å². The molecule has 2 aromatic heterocycles. The number of aromatic nitrogens is 3. The van der Waals surface area contributed by atoms with Crippen molar-refractivity contribution < 1.29 is 23.5 Å². The van der Waals surface area contributed by atoms with E-state index in [1.807, 2.05) is 0 Å². The van der Waals surface area contributed by atoms with Gasteiger partial charge in [0.05, 0.1) is 11.9 Å². The van der Waals surface area contributed by atoms with Crippen LogP contribution in [0.3, 0.4) is 0 Å². The van der Waals surface area contributed by atoms with Gasteiger partial charge >= 0.3 is 0 Å². The van der Waals surface area contributed by atoms with Gasteiger partial charge in [0.25, 0.3) is 17.7 Å². The zero-order valence-electron chi connectivity index (χ0n) is 21.1. The number of anilines is 1. The summed E-state index contributed by atoms with van der Waals surface area (Å²) in [5.41, 5.74) is 1.51. The van der Waals surface area contributed by atoms with E-state index in [1.54, 1.807) is 18.2 Å². The molecule has 3 heterocycles. The molecule has 1 aromatic carbocycles. The smallest absolute Gasteiger partial charge is 0.270 e. The molecule has 3 amide bonds. The van der Waals surface area contributed by atoms with Gasteiger partial charge in [-0.2, -0.15) is 5.10 Å². The maximum Gasteiger partial charge on any atom is 0.270 e. The van der Waals surface area contributed by atoms with Crippen molar-refractivity contribution in [1.82, 2.24) is 25.2 Å². The molecule has 38 heavy (non-hydrogen) atoms. The van der Waals surface area contributed by atoms with Crippen LogP contribution in [0.1, 0.15) is 72.0 Å². The molecule has 3 saturated carbocycles. The number of amides is 3. The van der Waals surface area contributed by atoms with Crippen molar-refractivity contribution in [3.8, 4) is 5.75 Å². The number of carbonyl (C=O) groups excluding carboxylic acids is 3. The number of rotatable bonds is 6. The van der Waals surface area contributed by atoms with Gasteiger partial charge in [0, 0.05) is 19.2 Å². The van der Waals surface area contributed by atoms with Crippen molar-refractivity contribution in [2.24, 2.45) is 10.8 Å². The molecule has 10 nitrogen and oxygen atoms in total. The third-order valence-corrected chi connectivity index (χ3v) is 8.42. The molecular formula is C27H29FN6O4. The minimum atomic E-state index is -0.725. The van der Waals surface area contributed by atoms with Gasteiger partial charge in [-0.25, -0.2) is 13.9 Å².